The second kappa shape index (κ2) is 12.7. The molecule has 9 unspecified atom stereocenters. The molecule has 0 radical (unpaired) electrons. The lowest BCUT2D eigenvalue weighted by Gasteiger charge is -2.57. The van der Waals surface area contributed by atoms with Gasteiger partial charge in [-0.2, -0.15) is 0 Å². The molecule has 0 saturated heterocycles. The number of rotatable bonds is 16. The number of aldehydes is 2. The fraction of sp³-hybridized carbons (Fsp3) is 0.912. The number of carbonyl (C=O) groups is 3. The summed E-state index contributed by atoms with van der Waals surface area (Å²) < 4.78 is 11.8. The van der Waals surface area contributed by atoms with Crippen molar-refractivity contribution in [3.05, 3.63) is 0 Å². The second-order valence-corrected chi connectivity index (χ2v) is 15.5. The van der Waals surface area contributed by atoms with Gasteiger partial charge in [-0.25, -0.2) is 0 Å². The number of hydrogen-bond acceptors (Lipinski definition) is 8. The van der Waals surface area contributed by atoms with Gasteiger partial charge in [0.05, 0.1) is 23.9 Å². The van der Waals surface area contributed by atoms with Crippen LogP contribution in [-0.4, -0.2) is 64.8 Å². The zero-order valence-electron chi connectivity index (χ0n) is 26.7. The standard InChI is InChI=1S/C34H57NO7/c1-6-7-16-32-22-33(32)17-14-26(42-27(21-37)41-19-10-18-36)31(4,5)24(33)12-13-25(32)34(35)20-23(28(38)29(34)39)11-8-9-15-30(2,3)40/h18,21,23-28,38,40H,6-17,19-20,22,35H2,1-5H3. The third-order valence-corrected chi connectivity index (χ3v) is 12.1. The molecule has 0 bridgehead atoms. The van der Waals surface area contributed by atoms with Gasteiger partial charge < -0.3 is 30.2 Å². The predicted molar refractivity (Wildman–Crippen MR) is 160 cm³/mol. The molecule has 0 aromatic rings. The Hall–Kier alpha value is -1.19. The van der Waals surface area contributed by atoms with Crippen LogP contribution in [0.5, 0.6) is 0 Å². The summed E-state index contributed by atoms with van der Waals surface area (Å²) in [7, 11) is 0. The number of hydrogen-bond donors (Lipinski definition) is 3. The Balaban J connectivity index is 1.52. The van der Waals surface area contributed by atoms with E-state index in [-0.39, 0.29) is 53.0 Å². The summed E-state index contributed by atoms with van der Waals surface area (Å²) >= 11 is 0. The summed E-state index contributed by atoms with van der Waals surface area (Å²) in [5, 5.41) is 21.2. The maximum absolute atomic E-state index is 13.8. The van der Waals surface area contributed by atoms with Crippen molar-refractivity contribution >= 4 is 18.4 Å². The Morgan fingerprint density at radius 2 is 1.83 bits per heavy atom. The van der Waals surface area contributed by atoms with E-state index in [4.69, 9.17) is 15.2 Å². The summed E-state index contributed by atoms with van der Waals surface area (Å²) in [6.45, 7) is 10.5. The van der Waals surface area contributed by atoms with Crippen molar-refractivity contribution in [1.82, 2.24) is 0 Å². The monoisotopic (exact) mass is 591 g/mol. The minimum absolute atomic E-state index is 0.0153. The number of ketones is 1. The highest BCUT2D eigenvalue weighted by molar-refractivity contribution is 5.95. The number of unbranched alkanes of at least 4 members (excludes halogenated alkanes) is 2. The lowest BCUT2D eigenvalue weighted by atomic mass is 9.49. The molecule has 8 heteroatoms. The average molecular weight is 592 g/mol. The van der Waals surface area contributed by atoms with E-state index < -0.39 is 23.5 Å². The molecule has 240 valence electrons. The molecule has 4 fully saturated rings. The normalized spacial score (nSPS) is 39.8. The molecule has 0 amide bonds. The van der Waals surface area contributed by atoms with Crippen LogP contribution in [-0.2, 0) is 23.9 Å². The summed E-state index contributed by atoms with van der Waals surface area (Å²) in [5.41, 5.74) is 5.37. The minimum atomic E-state index is -1.01. The van der Waals surface area contributed by atoms with Crippen LogP contribution in [0.2, 0.25) is 0 Å². The van der Waals surface area contributed by atoms with Crippen molar-refractivity contribution in [2.75, 3.05) is 6.61 Å². The molecule has 0 aromatic heterocycles. The maximum atomic E-state index is 13.8. The fourth-order valence-corrected chi connectivity index (χ4v) is 10.1. The maximum Gasteiger partial charge on any atom is 0.214 e. The molecule has 0 aromatic carbocycles. The molecule has 1 spiro atoms. The van der Waals surface area contributed by atoms with Crippen LogP contribution in [0.3, 0.4) is 0 Å². The van der Waals surface area contributed by atoms with Crippen LogP contribution in [0, 0.1) is 34.0 Å². The number of aliphatic hydroxyl groups is 2. The van der Waals surface area contributed by atoms with Crippen molar-refractivity contribution in [1.29, 1.82) is 0 Å². The van der Waals surface area contributed by atoms with Crippen LogP contribution in [0.1, 0.15) is 125 Å². The first-order chi connectivity index (χ1) is 19.7. The molecule has 4 rings (SSSR count). The van der Waals surface area contributed by atoms with Gasteiger partial charge in [0, 0.05) is 6.42 Å². The van der Waals surface area contributed by atoms with E-state index in [1.54, 1.807) is 0 Å². The van der Waals surface area contributed by atoms with Crippen molar-refractivity contribution < 1.29 is 34.1 Å². The Labute approximate surface area is 252 Å². The fourth-order valence-electron chi connectivity index (χ4n) is 10.1. The summed E-state index contributed by atoms with van der Waals surface area (Å²) in [4.78, 5) is 36.2. The Morgan fingerprint density at radius 1 is 1.12 bits per heavy atom. The predicted octanol–water partition coefficient (Wildman–Crippen LogP) is 4.89. The van der Waals surface area contributed by atoms with Crippen molar-refractivity contribution in [2.45, 2.75) is 154 Å². The second-order valence-electron chi connectivity index (χ2n) is 15.5. The third-order valence-electron chi connectivity index (χ3n) is 12.1. The van der Waals surface area contributed by atoms with Gasteiger partial charge in [-0.05, 0) is 106 Å². The lowest BCUT2D eigenvalue weighted by molar-refractivity contribution is -0.215. The van der Waals surface area contributed by atoms with Crippen LogP contribution < -0.4 is 5.73 Å². The third kappa shape index (κ3) is 6.04. The van der Waals surface area contributed by atoms with Crippen LogP contribution in [0.15, 0.2) is 0 Å². The molecule has 8 nitrogen and oxygen atoms in total. The van der Waals surface area contributed by atoms with Gasteiger partial charge in [-0.3, -0.25) is 9.59 Å². The van der Waals surface area contributed by atoms with Crippen molar-refractivity contribution in [3.63, 3.8) is 0 Å². The molecule has 42 heavy (non-hydrogen) atoms. The van der Waals surface area contributed by atoms with E-state index in [9.17, 15) is 24.6 Å². The van der Waals surface area contributed by atoms with Gasteiger partial charge >= 0.3 is 0 Å². The lowest BCUT2D eigenvalue weighted by Crippen LogP contribution is -2.60. The first-order valence-electron chi connectivity index (χ1n) is 16.6. The minimum Gasteiger partial charge on any atom is -0.390 e. The molecule has 0 heterocycles. The van der Waals surface area contributed by atoms with Gasteiger partial charge in [0.25, 0.3) is 0 Å². The molecular weight excluding hydrogens is 534 g/mol. The number of aliphatic hydroxyl groups excluding tert-OH is 1. The zero-order chi connectivity index (χ0) is 31.0. The average Bonchev–Trinajstić information content (AvgIpc) is 3.55. The molecule has 4 aliphatic rings. The van der Waals surface area contributed by atoms with Crippen LogP contribution in [0.25, 0.3) is 0 Å². The number of carbonyl (C=O) groups excluding carboxylic acids is 3. The highest BCUT2D eigenvalue weighted by atomic mass is 16.7. The summed E-state index contributed by atoms with van der Waals surface area (Å²) in [6, 6.07) is 0. The van der Waals surface area contributed by atoms with Gasteiger partial charge in [0.1, 0.15) is 12.4 Å². The summed E-state index contributed by atoms with van der Waals surface area (Å²) in [6.07, 6.45) is 11.2. The molecule has 4 saturated carbocycles. The zero-order valence-corrected chi connectivity index (χ0v) is 26.7. The van der Waals surface area contributed by atoms with Gasteiger partial charge in [0.15, 0.2) is 12.1 Å². The first-order valence-corrected chi connectivity index (χ1v) is 16.6. The van der Waals surface area contributed by atoms with E-state index in [1.807, 2.05) is 13.8 Å². The van der Waals surface area contributed by atoms with Gasteiger partial charge in [-0.1, -0.05) is 46.5 Å². The topological polar surface area (TPSA) is 136 Å². The van der Waals surface area contributed by atoms with E-state index in [1.165, 1.54) is 0 Å². The molecular formula is C34H57NO7. The quantitative estimate of drug-likeness (QED) is 0.131. The van der Waals surface area contributed by atoms with E-state index >= 15 is 0 Å². The number of nitrogens with two attached hydrogens (primary N) is 1. The molecule has 9 atom stereocenters. The highest BCUT2D eigenvalue weighted by Gasteiger charge is 2.80. The van der Waals surface area contributed by atoms with Crippen LogP contribution in [0.4, 0.5) is 0 Å². The highest BCUT2D eigenvalue weighted by Crippen LogP contribution is 2.84. The Bertz CT molecular complexity index is 977. The number of Topliss-reactive ketones (excluding diaryl/α,β-unsaturated/α-hetero) is 1. The van der Waals surface area contributed by atoms with Crippen LogP contribution >= 0.6 is 0 Å². The van der Waals surface area contributed by atoms with E-state index in [0.29, 0.717) is 25.0 Å². The van der Waals surface area contributed by atoms with Gasteiger partial charge in [0.2, 0.25) is 6.29 Å². The SMILES string of the molecule is CCCCC12CC13CCC(OC(C=O)OCCC=O)C(C)(C)C3CCC2C1(N)CC(CCCCC(C)(C)O)C(O)C1=O. The largest absolute Gasteiger partial charge is 0.390 e. The van der Waals surface area contributed by atoms with Gasteiger partial charge in [-0.15, -0.1) is 0 Å². The van der Waals surface area contributed by atoms with E-state index in [0.717, 1.165) is 76.9 Å². The Morgan fingerprint density at radius 3 is 2.48 bits per heavy atom. The smallest absolute Gasteiger partial charge is 0.214 e. The number of ether oxygens (including phenoxy) is 2. The molecule has 0 aliphatic heterocycles. The molecule has 4 N–H and O–H groups in total. The molecule has 4 aliphatic carbocycles. The van der Waals surface area contributed by atoms with Crippen molar-refractivity contribution in [2.24, 2.45) is 39.7 Å². The first kappa shape index (κ1) is 33.7. The Kier molecular flexibility index (Phi) is 10.2. The summed E-state index contributed by atoms with van der Waals surface area (Å²) in [5.74, 6) is 0.148. The van der Waals surface area contributed by atoms with E-state index in [2.05, 4.69) is 20.8 Å². The van der Waals surface area contributed by atoms with Crippen molar-refractivity contribution in [3.8, 4) is 0 Å².